The molecule has 1 saturated heterocycles. The molecule has 0 bridgehead atoms. The lowest BCUT2D eigenvalue weighted by Crippen LogP contribution is -2.59. The average Bonchev–Trinajstić information content (AvgIpc) is 3.17. The van der Waals surface area contributed by atoms with Crippen LogP contribution in [0.3, 0.4) is 0 Å². The average molecular weight is 485 g/mol. The van der Waals surface area contributed by atoms with Crippen LogP contribution in [0.4, 0.5) is 10.2 Å². The number of likely N-dealkylation sites (tertiary alicyclic amines) is 1. The van der Waals surface area contributed by atoms with Gasteiger partial charge in [-0.15, -0.1) is 4.98 Å². The zero-order valence-electron chi connectivity index (χ0n) is 19.2. The van der Waals surface area contributed by atoms with E-state index < -0.39 is 25.9 Å². The molecule has 0 amide bonds. The number of hydrogen-bond donors (Lipinski definition) is 1. The molecular weight excluding hydrogens is 459 g/mol. The van der Waals surface area contributed by atoms with Crippen molar-refractivity contribution in [3.63, 3.8) is 0 Å². The van der Waals surface area contributed by atoms with Crippen LogP contribution in [0.25, 0.3) is 4.85 Å². The van der Waals surface area contributed by atoms with Crippen molar-refractivity contribution < 1.29 is 17.6 Å². The van der Waals surface area contributed by atoms with Gasteiger partial charge in [0, 0.05) is 25.5 Å². The fraction of sp³-hybridized carbons (Fsp3) is 0.435. The highest BCUT2D eigenvalue weighted by molar-refractivity contribution is 7.93. The van der Waals surface area contributed by atoms with Gasteiger partial charge in [0.05, 0.1) is 11.9 Å². The Morgan fingerprint density at radius 2 is 2.12 bits per heavy atom. The summed E-state index contributed by atoms with van der Waals surface area (Å²) in [5.41, 5.74) is 5.81. The third kappa shape index (κ3) is 3.86. The highest BCUT2D eigenvalue weighted by Gasteiger charge is 2.57. The largest absolute Gasteiger partial charge is 0.386 e. The van der Waals surface area contributed by atoms with E-state index in [0.717, 1.165) is 0 Å². The second-order valence-electron chi connectivity index (χ2n) is 9.20. The number of carbonyl (C=O) groups is 1. The number of sulfone groups is 1. The van der Waals surface area contributed by atoms with Crippen molar-refractivity contribution >= 4 is 27.3 Å². The molecule has 2 aliphatic heterocycles. The minimum atomic E-state index is -3.74. The second kappa shape index (κ2) is 8.21. The van der Waals surface area contributed by atoms with Crippen molar-refractivity contribution in [3.8, 4) is 0 Å². The number of halogens is 1. The molecule has 34 heavy (non-hydrogen) atoms. The van der Waals surface area contributed by atoms with Crippen molar-refractivity contribution in [3.05, 3.63) is 64.1 Å². The maximum atomic E-state index is 15.0. The Morgan fingerprint density at radius 1 is 1.38 bits per heavy atom. The fourth-order valence-electron chi connectivity index (χ4n) is 4.80. The summed E-state index contributed by atoms with van der Waals surface area (Å²) in [4.78, 5) is 30.5. The van der Waals surface area contributed by atoms with E-state index in [-0.39, 0.29) is 47.4 Å². The van der Waals surface area contributed by atoms with E-state index in [2.05, 4.69) is 19.8 Å². The zero-order valence-corrected chi connectivity index (χ0v) is 20.0. The quantitative estimate of drug-likeness (QED) is 0.520. The van der Waals surface area contributed by atoms with Gasteiger partial charge in [-0.3, -0.25) is 14.8 Å². The summed E-state index contributed by atoms with van der Waals surface area (Å²) in [6.07, 6.45) is 1.48. The van der Waals surface area contributed by atoms with Gasteiger partial charge in [-0.2, -0.15) is 0 Å². The van der Waals surface area contributed by atoms with Crippen LogP contribution < -0.4 is 5.73 Å². The fourth-order valence-corrected chi connectivity index (χ4v) is 7.22. The number of aryl methyl sites for hydroxylation is 1. The molecule has 0 saturated carbocycles. The highest BCUT2D eigenvalue weighted by atomic mass is 32.2. The van der Waals surface area contributed by atoms with Crippen LogP contribution in [0.5, 0.6) is 0 Å². The molecule has 2 aromatic rings. The monoisotopic (exact) mass is 484 g/mol. The number of ketones is 1. The minimum Gasteiger partial charge on any atom is -0.386 e. The van der Waals surface area contributed by atoms with Crippen molar-refractivity contribution in [2.24, 2.45) is 10.7 Å². The first-order valence-electron chi connectivity index (χ1n) is 10.7. The van der Waals surface area contributed by atoms with Crippen LogP contribution in [0.2, 0.25) is 0 Å². The maximum Gasteiger partial charge on any atom is 0.288 e. The third-order valence-electron chi connectivity index (χ3n) is 6.61. The Bertz CT molecular complexity index is 1370. The van der Waals surface area contributed by atoms with Gasteiger partial charge in [-0.25, -0.2) is 12.8 Å². The van der Waals surface area contributed by atoms with Gasteiger partial charge in [0.2, 0.25) is 0 Å². The van der Waals surface area contributed by atoms with Crippen LogP contribution in [0, 0.1) is 19.3 Å². The van der Waals surface area contributed by atoms with Crippen LogP contribution in [-0.4, -0.2) is 65.5 Å². The molecule has 11 heteroatoms. The Morgan fingerprint density at radius 3 is 2.71 bits per heavy atom. The molecule has 3 heterocycles. The van der Waals surface area contributed by atoms with Crippen LogP contribution in [0.15, 0.2) is 29.4 Å². The van der Waals surface area contributed by atoms with Gasteiger partial charge in [-0.1, -0.05) is 12.6 Å². The maximum absolute atomic E-state index is 15.0. The molecule has 1 unspecified atom stereocenters. The Kier molecular flexibility index (Phi) is 5.78. The highest BCUT2D eigenvalue weighted by Crippen LogP contribution is 2.41. The summed E-state index contributed by atoms with van der Waals surface area (Å²) >= 11 is 0. The standard InChI is InChI=1S/C23H25FN6O3S/c1-14-20(27-11-19(26-3)28-14)18(31)10-15-5-6-17(24)16(9-15)22(2)13-34(32,33)23(21(25)29-22)7-8-30(4)12-23/h5-6,9,11H,7-8,10,12-13H2,1-2,4H3,(H2,25,29)/t22-,23?/m0/s1. The summed E-state index contributed by atoms with van der Waals surface area (Å²) in [6.45, 7) is 11.0. The lowest BCUT2D eigenvalue weighted by molar-refractivity contribution is 0.0987. The van der Waals surface area contributed by atoms with Gasteiger partial charge in [0.25, 0.3) is 5.82 Å². The van der Waals surface area contributed by atoms with E-state index in [9.17, 15) is 17.6 Å². The predicted molar refractivity (Wildman–Crippen MR) is 125 cm³/mol. The molecule has 1 spiro atoms. The van der Waals surface area contributed by atoms with Gasteiger partial charge in [-0.05, 0) is 44.6 Å². The number of nitrogens with zero attached hydrogens (tertiary/aromatic N) is 5. The molecule has 178 valence electrons. The number of rotatable bonds is 4. The van der Waals surface area contributed by atoms with E-state index >= 15 is 0 Å². The van der Waals surface area contributed by atoms with E-state index in [1.165, 1.54) is 24.4 Å². The van der Waals surface area contributed by atoms with Crippen molar-refractivity contribution in [1.29, 1.82) is 0 Å². The van der Waals surface area contributed by atoms with Crippen molar-refractivity contribution in [2.45, 2.75) is 37.0 Å². The summed E-state index contributed by atoms with van der Waals surface area (Å²) in [5, 5.41) is 0. The molecule has 0 aliphatic carbocycles. The number of aliphatic imine (C=N–C) groups is 1. The summed E-state index contributed by atoms with van der Waals surface area (Å²) in [7, 11) is -1.92. The van der Waals surface area contributed by atoms with Gasteiger partial charge >= 0.3 is 0 Å². The first-order valence-corrected chi connectivity index (χ1v) is 12.4. The third-order valence-corrected chi connectivity index (χ3v) is 9.29. The van der Waals surface area contributed by atoms with Gasteiger partial charge in [0.15, 0.2) is 21.3 Å². The second-order valence-corrected chi connectivity index (χ2v) is 11.5. The van der Waals surface area contributed by atoms with E-state index in [1.54, 1.807) is 13.8 Å². The minimum absolute atomic E-state index is 0.00252. The van der Waals surface area contributed by atoms with Crippen molar-refractivity contribution in [1.82, 2.24) is 14.9 Å². The molecule has 0 radical (unpaired) electrons. The number of carbonyl (C=O) groups excluding carboxylic acids is 1. The molecular formula is C23H25FN6O3S. The Balaban J connectivity index is 1.69. The molecule has 1 aromatic carbocycles. The number of amidine groups is 1. The van der Waals surface area contributed by atoms with Crippen LogP contribution >= 0.6 is 0 Å². The molecule has 1 fully saturated rings. The van der Waals surface area contributed by atoms with Crippen LogP contribution in [-0.2, 0) is 21.8 Å². The first kappa shape index (κ1) is 23.9. The summed E-state index contributed by atoms with van der Waals surface area (Å²) in [6, 6.07) is 4.14. The molecule has 1 aromatic heterocycles. The van der Waals surface area contributed by atoms with E-state index in [1.807, 2.05) is 11.9 Å². The van der Waals surface area contributed by atoms with Crippen molar-refractivity contribution in [2.75, 3.05) is 25.9 Å². The number of hydrogen-bond acceptors (Lipinski definition) is 8. The summed E-state index contributed by atoms with van der Waals surface area (Å²) in [5.74, 6) is -1.27. The smallest absolute Gasteiger partial charge is 0.288 e. The topological polar surface area (TPSA) is 123 Å². The first-order chi connectivity index (χ1) is 15.9. The van der Waals surface area contributed by atoms with Gasteiger partial charge < -0.3 is 15.5 Å². The summed E-state index contributed by atoms with van der Waals surface area (Å²) < 4.78 is 40.5. The number of nitrogens with two attached hydrogens (primary N) is 1. The zero-order chi connectivity index (χ0) is 24.9. The normalized spacial score (nSPS) is 26.3. The predicted octanol–water partition coefficient (Wildman–Crippen LogP) is 1.98. The number of Topliss-reactive ketones (excluding diaryl/α,β-unsaturated/α-hetero) is 1. The lowest BCUT2D eigenvalue weighted by Gasteiger charge is -2.39. The van der Waals surface area contributed by atoms with E-state index in [0.29, 0.717) is 24.2 Å². The SMILES string of the molecule is [C-]#[N+]c1cnc(C(=O)Cc2ccc(F)c([C@]3(C)CS(=O)(=O)C4(CCN(C)C4)C(N)=N3)c2)c(C)n1. The van der Waals surface area contributed by atoms with Gasteiger partial charge in [0.1, 0.15) is 27.6 Å². The van der Waals surface area contributed by atoms with E-state index in [4.69, 9.17) is 12.3 Å². The molecule has 2 atom stereocenters. The molecule has 4 rings (SSSR count). The van der Waals surface area contributed by atoms with Crippen LogP contribution in [0.1, 0.15) is 40.7 Å². The lowest BCUT2D eigenvalue weighted by atomic mass is 9.90. The Hall–Kier alpha value is -3.23. The number of benzene rings is 1. The molecule has 2 N–H and O–H groups in total. The Labute approximate surface area is 197 Å². The molecule has 2 aliphatic rings. The molecule has 9 nitrogen and oxygen atoms in total. The number of aromatic nitrogens is 2.